The van der Waals surface area contributed by atoms with Crippen molar-refractivity contribution < 1.29 is 9.31 Å². The zero-order valence-corrected chi connectivity index (χ0v) is 13.0. The number of benzene rings is 1. The molecule has 108 valence electrons. The van der Waals surface area contributed by atoms with Gasteiger partial charge in [0.05, 0.1) is 16.9 Å². The molecule has 0 saturated carbocycles. The van der Waals surface area contributed by atoms with E-state index in [2.05, 4.69) is 44.8 Å². The van der Waals surface area contributed by atoms with Crippen molar-refractivity contribution in [1.29, 1.82) is 0 Å². The molecule has 0 radical (unpaired) electrons. The standard InChI is InChI=1S/C17H20BNO2/c1-16(2)17(3,4)21-18(20-16)14-10-8-13(9-11-14)15-7-5-6-12-19-15/h5-12H,1-4H3. The van der Waals surface area contributed by atoms with Crippen LogP contribution in [0.5, 0.6) is 0 Å². The monoisotopic (exact) mass is 281 g/mol. The van der Waals surface area contributed by atoms with Crippen molar-refractivity contribution in [3.63, 3.8) is 0 Å². The first kappa shape index (κ1) is 14.3. The fourth-order valence-electron chi connectivity index (χ4n) is 2.32. The van der Waals surface area contributed by atoms with Crippen LogP contribution >= 0.6 is 0 Å². The number of rotatable bonds is 2. The summed E-state index contributed by atoms with van der Waals surface area (Å²) in [4.78, 5) is 4.36. The van der Waals surface area contributed by atoms with Crippen LogP contribution in [0, 0.1) is 0 Å². The van der Waals surface area contributed by atoms with Gasteiger partial charge in [-0.25, -0.2) is 0 Å². The molecule has 2 heterocycles. The molecule has 0 amide bonds. The average Bonchev–Trinajstić information content (AvgIpc) is 2.69. The number of hydrogen-bond acceptors (Lipinski definition) is 3. The van der Waals surface area contributed by atoms with Crippen molar-refractivity contribution in [2.24, 2.45) is 0 Å². The lowest BCUT2D eigenvalue weighted by Crippen LogP contribution is -2.41. The molecular formula is C17H20BNO2. The van der Waals surface area contributed by atoms with Crippen LogP contribution in [0.2, 0.25) is 0 Å². The van der Waals surface area contributed by atoms with Gasteiger partial charge in [-0.2, -0.15) is 0 Å². The van der Waals surface area contributed by atoms with E-state index in [1.54, 1.807) is 6.20 Å². The Morgan fingerprint density at radius 1 is 0.857 bits per heavy atom. The van der Waals surface area contributed by atoms with Crippen LogP contribution in [0.25, 0.3) is 11.3 Å². The summed E-state index contributed by atoms with van der Waals surface area (Å²) in [5, 5.41) is 0. The van der Waals surface area contributed by atoms with Crippen molar-refractivity contribution in [3.05, 3.63) is 48.7 Å². The molecule has 1 saturated heterocycles. The third kappa shape index (κ3) is 2.61. The fourth-order valence-corrected chi connectivity index (χ4v) is 2.32. The van der Waals surface area contributed by atoms with E-state index in [-0.39, 0.29) is 18.3 Å². The molecule has 2 aromatic rings. The van der Waals surface area contributed by atoms with E-state index in [0.29, 0.717) is 0 Å². The maximum atomic E-state index is 6.06. The van der Waals surface area contributed by atoms with Crippen LogP contribution in [0.3, 0.4) is 0 Å². The van der Waals surface area contributed by atoms with Gasteiger partial charge in [-0.3, -0.25) is 4.98 Å². The van der Waals surface area contributed by atoms with E-state index in [1.807, 2.05) is 30.3 Å². The fraction of sp³-hybridized carbons (Fsp3) is 0.353. The molecule has 0 aliphatic carbocycles. The first-order chi connectivity index (χ1) is 9.89. The Labute approximate surface area is 126 Å². The Kier molecular flexibility index (Phi) is 3.38. The maximum absolute atomic E-state index is 6.06. The van der Waals surface area contributed by atoms with E-state index >= 15 is 0 Å². The third-order valence-electron chi connectivity index (χ3n) is 4.40. The molecule has 0 N–H and O–H groups in total. The molecule has 1 aromatic heterocycles. The second-order valence-corrected chi connectivity index (χ2v) is 6.43. The van der Waals surface area contributed by atoms with Gasteiger partial charge in [0.25, 0.3) is 0 Å². The van der Waals surface area contributed by atoms with Gasteiger partial charge in [0.2, 0.25) is 0 Å². The molecule has 3 nitrogen and oxygen atoms in total. The summed E-state index contributed by atoms with van der Waals surface area (Å²) >= 11 is 0. The molecule has 0 atom stereocenters. The summed E-state index contributed by atoms with van der Waals surface area (Å²) in [6.45, 7) is 8.26. The Bertz CT molecular complexity index is 607. The zero-order valence-electron chi connectivity index (χ0n) is 13.0. The Hall–Kier alpha value is -1.65. The van der Waals surface area contributed by atoms with Crippen molar-refractivity contribution in [2.45, 2.75) is 38.9 Å². The third-order valence-corrected chi connectivity index (χ3v) is 4.40. The maximum Gasteiger partial charge on any atom is 0.494 e. The molecule has 4 heteroatoms. The summed E-state index contributed by atoms with van der Waals surface area (Å²) in [7, 11) is -0.312. The predicted octanol–water partition coefficient (Wildman–Crippen LogP) is 3.05. The minimum atomic E-state index is -0.312. The summed E-state index contributed by atoms with van der Waals surface area (Å²) < 4.78 is 12.1. The van der Waals surface area contributed by atoms with Gasteiger partial charge < -0.3 is 9.31 Å². The second-order valence-electron chi connectivity index (χ2n) is 6.43. The van der Waals surface area contributed by atoms with Gasteiger partial charge in [0.1, 0.15) is 0 Å². The molecule has 0 spiro atoms. The Morgan fingerprint density at radius 2 is 1.48 bits per heavy atom. The molecular weight excluding hydrogens is 261 g/mol. The zero-order chi connectivity index (χ0) is 15.1. The topological polar surface area (TPSA) is 31.4 Å². The molecule has 3 rings (SSSR count). The molecule has 0 bridgehead atoms. The van der Waals surface area contributed by atoms with Gasteiger partial charge >= 0.3 is 7.12 Å². The highest BCUT2D eigenvalue weighted by Gasteiger charge is 2.51. The quantitative estimate of drug-likeness (QED) is 0.793. The lowest BCUT2D eigenvalue weighted by Gasteiger charge is -2.32. The van der Waals surface area contributed by atoms with Gasteiger partial charge in [0.15, 0.2) is 0 Å². The second kappa shape index (κ2) is 4.97. The van der Waals surface area contributed by atoms with Crippen molar-refractivity contribution in [1.82, 2.24) is 4.98 Å². The average molecular weight is 281 g/mol. The van der Waals surface area contributed by atoms with Gasteiger partial charge in [0, 0.05) is 11.8 Å². The highest BCUT2D eigenvalue weighted by molar-refractivity contribution is 6.62. The first-order valence-corrected chi connectivity index (χ1v) is 7.26. The van der Waals surface area contributed by atoms with Crippen LogP contribution in [0.4, 0.5) is 0 Å². The van der Waals surface area contributed by atoms with E-state index in [1.165, 1.54) is 0 Å². The van der Waals surface area contributed by atoms with E-state index in [9.17, 15) is 0 Å². The predicted molar refractivity (Wildman–Crippen MR) is 85.4 cm³/mol. The Balaban J connectivity index is 1.83. The van der Waals surface area contributed by atoms with Crippen LogP contribution in [0.1, 0.15) is 27.7 Å². The van der Waals surface area contributed by atoms with Crippen LogP contribution in [0.15, 0.2) is 48.7 Å². The minimum Gasteiger partial charge on any atom is -0.399 e. The molecule has 1 aromatic carbocycles. The molecule has 1 aliphatic heterocycles. The van der Waals surface area contributed by atoms with Crippen molar-refractivity contribution in [2.75, 3.05) is 0 Å². The summed E-state index contributed by atoms with van der Waals surface area (Å²) in [6, 6.07) is 14.1. The SMILES string of the molecule is CC1(C)OB(c2ccc(-c3ccccn3)cc2)OC1(C)C. The minimum absolute atomic E-state index is 0.308. The summed E-state index contributed by atoms with van der Waals surface area (Å²) in [5.74, 6) is 0. The summed E-state index contributed by atoms with van der Waals surface area (Å²) in [6.07, 6.45) is 1.80. The highest BCUT2D eigenvalue weighted by Crippen LogP contribution is 2.36. The molecule has 0 unspecified atom stereocenters. The van der Waals surface area contributed by atoms with Gasteiger partial charge in [-0.15, -0.1) is 0 Å². The van der Waals surface area contributed by atoms with Crippen LogP contribution < -0.4 is 5.46 Å². The normalized spacial score (nSPS) is 19.7. The number of pyridine rings is 1. The molecule has 1 aliphatic rings. The number of nitrogens with zero attached hydrogens (tertiary/aromatic N) is 1. The smallest absolute Gasteiger partial charge is 0.399 e. The van der Waals surface area contributed by atoms with Crippen molar-refractivity contribution >= 4 is 12.6 Å². The largest absolute Gasteiger partial charge is 0.494 e. The summed E-state index contributed by atoms with van der Waals surface area (Å²) in [5.41, 5.74) is 2.48. The van der Waals surface area contributed by atoms with Gasteiger partial charge in [-0.05, 0) is 45.3 Å². The lowest BCUT2D eigenvalue weighted by atomic mass is 9.79. The molecule has 1 fully saturated rings. The first-order valence-electron chi connectivity index (χ1n) is 7.26. The van der Waals surface area contributed by atoms with E-state index in [4.69, 9.17) is 9.31 Å². The van der Waals surface area contributed by atoms with Crippen LogP contribution in [-0.2, 0) is 9.31 Å². The van der Waals surface area contributed by atoms with Gasteiger partial charge in [-0.1, -0.05) is 30.3 Å². The highest BCUT2D eigenvalue weighted by atomic mass is 16.7. The van der Waals surface area contributed by atoms with E-state index in [0.717, 1.165) is 16.7 Å². The number of hydrogen-bond donors (Lipinski definition) is 0. The van der Waals surface area contributed by atoms with E-state index < -0.39 is 0 Å². The lowest BCUT2D eigenvalue weighted by molar-refractivity contribution is 0.00578. The number of aromatic nitrogens is 1. The molecule has 21 heavy (non-hydrogen) atoms. The van der Waals surface area contributed by atoms with Crippen molar-refractivity contribution in [3.8, 4) is 11.3 Å². The Morgan fingerprint density at radius 3 is 2.00 bits per heavy atom. The van der Waals surface area contributed by atoms with Crippen LogP contribution in [-0.4, -0.2) is 23.3 Å².